The third-order valence-electron chi connectivity index (χ3n) is 8.19. The molecule has 0 amide bonds. The first-order valence-electron chi connectivity index (χ1n) is 14.8. The predicted octanol–water partition coefficient (Wildman–Crippen LogP) is 8.80. The number of piperidine rings is 1. The topological polar surface area (TPSA) is 18.5 Å². The van der Waals surface area contributed by atoms with Gasteiger partial charge >= 0.3 is 0 Å². The molecule has 0 aromatic heterocycles. The van der Waals surface area contributed by atoms with Crippen LogP contribution in [0.2, 0.25) is 0 Å². The molecule has 2 aliphatic rings. The van der Waals surface area contributed by atoms with Gasteiger partial charge in [0.2, 0.25) is 0 Å². The average Bonchev–Trinajstić information content (AvgIpc) is 2.99. The van der Waals surface area contributed by atoms with E-state index in [0.717, 1.165) is 44.5 Å². The van der Waals surface area contributed by atoms with Crippen molar-refractivity contribution in [1.82, 2.24) is 4.90 Å². The Kier molecular flexibility index (Phi) is 10.9. The summed E-state index contributed by atoms with van der Waals surface area (Å²) in [5.41, 5.74) is 8.93. The van der Waals surface area contributed by atoms with Crippen molar-refractivity contribution < 1.29 is 0 Å². The number of aryl methyl sites for hydroxylation is 1. The van der Waals surface area contributed by atoms with Crippen LogP contribution in [-0.4, -0.2) is 38.1 Å². The molecule has 0 spiro atoms. The van der Waals surface area contributed by atoms with Gasteiger partial charge < -0.3 is 15.1 Å². The second kappa shape index (κ2) is 14.7. The molecule has 1 aliphatic heterocycles. The van der Waals surface area contributed by atoms with Gasteiger partial charge in [-0.25, -0.2) is 0 Å². The fourth-order valence-electron chi connectivity index (χ4n) is 5.81. The second-order valence-corrected chi connectivity index (χ2v) is 10.8. The molecule has 2 aromatic rings. The minimum atomic E-state index is 0.668. The SMILES string of the molecule is C=C(C(/C=C\CC1=CCCC=C1)=C/C)N(CCCN1CCC(c2cccc(NC)c2)CC1)c1ccccc1C. The molecular weight excluding hydrogens is 474 g/mol. The predicted molar refractivity (Wildman–Crippen MR) is 171 cm³/mol. The van der Waals surface area contributed by atoms with Crippen LogP contribution in [0.15, 0.2) is 108 Å². The van der Waals surface area contributed by atoms with Crippen molar-refractivity contribution >= 4 is 11.4 Å². The number of benzene rings is 2. The summed E-state index contributed by atoms with van der Waals surface area (Å²) in [5.74, 6) is 0.668. The summed E-state index contributed by atoms with van der Waals surface area (Å²) >= 11 is 0. The monoisotopic (exact) mass is 521 g/mol. The Morgan fingerprint density at radius 3 is 2.64 bits per heavy atom. The van der Waals surface area contributed by atoms with E-state index >= 15 is 0 Å². The van der Waals surface area contributed by atoms with Crippen molar-refractivity contribution in [2.75, 3.05) is 43.4 Å². The summed E-state index contributed by atoms with van der Waals surface area (Å²) in [4.78, 5) is 5.09. The standard InChI is InChI=1S/C36H47N3/c1-5-32(18-11-17-31-15-7-6-8-16-31)30(3)39(36-21-10-9-14-29(36)2)25-13-24-38-26-22-33(23-27-38)34-19-12-20-35(28-34)37-4/h5,7,9-12,14-16,18-21,28,33,37H,3,6,8,13,17,22-27H2,1-2,4H3/b18-11-,32-5+. The smallest absolute Gasteiger partial charge is 0.0440 e. The van der Waals surface area contributed by atoms with E-state index < -0.39 is 0 Å². The first-order chi connectivity index (χ1) is 19.1. The van der Waals surface area contributed by atoms with Crippen LogP contribution in [0, 0.1) is 6.92 Å². The molecule has 1 saturated heterocycles. The maximum Gasteiger partial charge on any atom is 0.0440 e. The fourth-order valence-corrected chi connectivity index (χ4v) is 5.81. The average molecular weight is 522 g/mol. The van der Waals surface area contributed by atoms with Crippen molar-refractivity contribution in [3.8, 4) is 0 Å². The van der Waals surface area contributed by atoms with Gasteiger partial charge in [0.15, 0.2) is 0 Å². The summed E-state index contributed by atoms with van der Waals surface area (Å²) in [6.45, 7) is 13.4. The highest BCUT2D eigenvalue weighted by molar-refractivity contribution is 5.62. The molecule has 0 saturated carbocycles. The lowest BCUT2D eigenvalue weighted by atomic mass is 9.89. The van der Waals surface area contributed by atoms with E-state index in [1.165, 1.54) is 59.6 Å². The molecule has 0 atom stereocenters. The van der Waals surface area contributed by atoms with E-state index in [9.17, 15) is 0 Å². The van der Waals surface area contributed by atoms with E-state index in [-0.39, 0.29) is 0 Å². The Bertz CT molecular complexity index is 1210. The molecule has 4 rings (SSSR count). The van der Waals surface area contributed by atoms with Crippen LogP contribution in [0.4, 0.5) is 11.4 Å². The van der Waals surface area contributed by atoms with Crippen molar-refractivity contribution in [3.63, 3.8) is 0 Å². The molecule has 39 heavy (non-hydrogen) atoms. The number of rotatable bonds is 12. The Morgan fingerprint density at radius 2 is 1.92 bits per heavy atom. The summed E-state index contributed by atoms with van der Waals surface area (Å²) in [5, 5.41) is 3.28. The first kappa shape index (κ1) is 28.7. The molecule has 1 N–H and O–H groups in total. The molecule has 0 unspecified atom stereocenters. The van der Waals surface area contributed by atoms with E-state index in [4.69, 9.17) is 0 Å². The van der Waals surface area contributed by atoms with Gasteiger partial charge in [0.25, 0.3) is 0 Å². The minimum Gasteiger partial charge on any atom is -0.388 e. The number of hydrogen-bond donors (Lipinski definition) is 1. The lowest BCUT2D eigenvalue weighted by molar-refractivity contribution is 0.211. The highest BCUT2D eigenvalue weighted by atomic mass is 15.2. The number of hydrogen-bond acceptors (Lipinski definition) is 3. The summed E-state index contributed by atoms with van der Waals surface area (Å²) in [6.07, 6.45) is 20.5. The van der Waals surface area contributed by atoms with Gasteiger partial charge in [0.05, 0.1) is 0 Å². The number of nitrogens with one attached hydrogen (secondary N) is 1. The highest BCUT2D eigenvalue weighted by Gasteiger charge is 2.21. The number of anilines is 2. The van der Waals surface area contributed by atoms with Gasteiger partial charge in [-0.3, -0.25) is 0 Å². The Morgan fingerprint density at radius 1 is 1.10 bits per heavy atom. The quantitative estimate of drug-likeness (QED) is 0.282. The van der Waals surface area contributed by atoms with Gasteiger partial charge in [0, 0.05) is 30.7 Å². The van der Waals surface area contributed by atoms with Crippen LogP contribution >= 0.6 is 0 Å². The lowest BCUT2D eigenvalue weighted by Crippen LogP contribution is -2.35. The summed E-state index contributed by atoms with van der Waals surface area (Å²) in [6, 6.07) is 17.6. The zero-order chi connectivity index (χ0) is 27.5. The number of allylic oxidation sites excluding steroid dienone is 7. The van der Waals surface area contributed by atoms with E-state index in [2.05, 4.69) is 121 Å². The van der Waals surface area contributed by atoms with Crippen LogP contribution in [0.5, 0.6) is 0 Å². The Balaban J connectivity index is 1.35. The van der Waals surface area contributed by atoms with Crippen molar-refractivity contribution in [2.24, 2.45) is 0 Å². The number of likely N-dealkylation sites (tertiary alicyclic amines) is 1. The summed E-state index contributed by atoms with van der Waals surface area (Å²) in [7, 11) is 2.00. The second-order valence-electron chi connectivity index (χ2n) is 10.8. The maximum atomic E-state index is 4.59. The van der Waals surface area contributed by atoms with E-state index in [1.54, 1.807) is 0 Å². The first-order valence-corrected chi connectivity index (χ1v) is 14.8. The van der Waals surface area contributed by atoms with Gasteiger partial charge in [-0.1, -0.05) is 73.4 Å². The minimum absolute atomic E-state index is 0.668. The largest absolute Gasteiger partial charge is 0.388 e. The van der Waals surface area contributed by atoms with Crippen molar-refractivity contribution in [3.05, 3.63) is 120 Å². The van der Waals surface area contributed by atoms with Crippen LogP contribution in [0.1, 0.15) is 62.5 Å². The van der Waals surface area contributed by atoms with Crippen molar-refractivity contribution in [2.45, 2.75) is 58.3 Å². The molecule has 3 heteroatoms. The third kappa shape index (κ3) is 8.10. The van der Waals surface area contributed by atoms with Gasteiger partial charge in [-0.15, -0.1) is 0 Å². The van der Waals surface area contributed by atoms with Crippen LogP contribution in [0.25, 0.3) is 0 Å². The molecule has 1 aliphatic carbocycles. The zero-order valence-corrected chi connectivity index (χ0v) is 24.3. The fraction of sp³-hybridized carbons (Fsp3) is 0.389. The van der Waals surface area contributed by atoms with Crippen LogP contribution < -0.4 is 10.2 Å². The molecule has 0 radical (unpaired) electrons. The normalized spacial score (nSPS) is 16.9. The molecule has 0 bridgehead atoms. The highest BCUT2D eigenvalue weighted by Crippen LogP contribution is 2.30. The summed E-state index contributed by atoms with van der Waals surface area (Å²) < 4.78 is 0. The van der Waals surface area contributed by atoms with E-state index in [1.807, 2.05) is 7.05 Å². The number of para-hydroxylation sites is 1. The molecule has 3 nitrogen and oxygen atoms in total. The van der Waals surface area contributed by atoms with Crippen LogP contribution in [-0.2, 0) is 0 Å². The van der Waals surface area contributed by atoms with Crippen LogP contribution in [0.3, 0.4) is 0 Å². The van der Waals surface area contributed by atoms with E-state index in [0.29, 0.717) is 5.92 Å². The van der Waals surface area contributed by atoms with Gasteiger partial charge in [-0.05, 0) is 118 Å². The molecule has 206 valence electrons. The Hall–Kier alpha value is -3.30. The van der Waals surface area contributed by atoms with Gasteiger partial charge in [-0.2, -0.15) is 0 Å². The van der Waals surface area contributed by atoms with Gasteiger partial charge in [0.1, 0.15) is 0 Å². The van der Waals surface area contributed by atoms with Crippen molar-refractivity contribution in [1.29, 1.82) is 0 Å². The molecule has 2 aromatic carbocycles. The third-order valence-corrected chi connectivity index (χ3v) is 8.19. The lowest BCUT2D eigenvalue weighted by Gasteiger charge is -2.34. The zero-order valence-electron chi connectivity index (χ0n) is 24.3. The molecule has 1 heterocycles. The molecule has 1 fully saturated rings. The maximum absolute atomic E-state index is 4.59. The number of nitrogens with zero attached hydrogens (tertiary/aromatic N) is 2. The molecular formula is C36H47N3. The Labute approximate surface area is 237 Å².